The smallest absolute Gasteiger partial charge is 0.181 e. The molecule has 2 aromatic heterocycles. The maximum Gasteiger partial charge on any atom is 0.181 e. The van der Waals surface area contributed by atoms with Crippen molar-refractivity contribution in [1.29, 1.82) is 0 Å². The molecule has 8 heteroatoms. The van der Waals surface area contributed by atoms with Gasteiger partial charge in [0, 0.05) is 6.54 Å². The summed E-state index contributed by atoms with van der Waals surface area (Å²) in [5.41, 5.74) is 6.23. The van der Waals surface area contributed by atoms with Crippen molar-refractivity contribution in [3.05, 3.63) is 18.1 Å². The van der Waals surface area contributed by atoms with Crippen LogP contribution in [0, 0.1) is 0 Å². The molecule has 0 aliphatic rings. The van der Waals surface area contributed by atoms with Crippen molar-refractivity contribution in [2.24, 2.45) is 5.73 Å². The van der Waals surface area contributed by atoms with Crippen LogP contribution < -0.4 is 5.73 Å². The molecule has 0 saturated carbocycles. The van der Waals surface area contributed by atoms with E-state index in [4.69, 9.17) is 5.73 Å². The van der Waals surface area contributed by atoms with Crippen LogP contribution in [0.5, 0.6) is 0 Å². The van der Waals surface area contributed by atoms with E-state index >= 15 is 0 Å². The van der Waals surface area contributed by atoms with Crippen LogP contribution in [-0.4, -0.2) is 26.4 Å². The average molecular weight is 271 g/mol. The lowest BCUT2D eigenvalue weighted by molar-refractivity contribution is 0.918. The van der Waals surface area contributed by atoms with Crippen molar-refractivity contribution in [3.63, 3.8) is 0 Å². The van der Waals surface area contributed by atoms with Crippen LogP contribution in [0.25, 0.3) is 0 Å². The number of aromatic nitrogens is 4. The van der Waals surface area contributed by atoms with E-state index < -0.39 is 0 Å². The Balaban J connectivity index is 2.08. The molecule has 0 bridgehead atoms. The van der Waals surface area contributed by atoms with Gasteiger partial charge in [-0.05, 0) is 18.0 Å². The number of nitrogens with two attached hydrogens (primary N) is 1. The second-order valence-corrected chi connectivity index (χ2v) is 5.99. The van der Waals surface area contributed by atoms with Gasteiger partial charge in [0.15, 0.2) is 8.68 Å². The molecule has 2 rings (SSSR count). The highest BCUT2D eigenvalue weighted by molar-refractivity contribution is 8.02. The zero-order chi connectivity index (χ0) is 11.4. The van der Waals surface area contributed by atoms with Crippen LogP contribution in [0.3, 0.4) is 0 Å². The maximum absolute atomic E-state index is 5.44. The van der Waals surface area contributed by atoms with Crippen LogP contribution in [0.4, 0.5) is 0 Å². The quantitative estimate of drug-likeness (QED) is 0.847. The van der Waals surface area contributed by atoms with Crippen molar-refractivity contribution in [2.75, 3.05) is 6.26 Å². The fraction of sp³-hybridized carbons (Fsp3) is 0.250. The van der Waals surface area contributed by atoms with E-state index in [-0.39, 0.29) is 0 Å². The fourth-order valence-electron chi connectivity index (χ4n) is 0.911. The molecular formula is C8H9N5S3. The minimum absolute atomic E-state index is 0.410. The largest absolute Gasteiger partial charge is 0.325 e. The molecule has 84 valence electrons. The number of hydrogen-bond acceptors (Lipinski definition) is 8. The first-order chi connectivity index (χ1) is 7.81. The van der Waals surface area contributed by atoms with E-state index in [1.54, 1.807) is 35.5 Å². The lowest BCUT2D eigenvalue weighted by Crippen LogP contribution is -1.99. The van der Waals surface area contributed by atoms with E-state index in [2.05, 4.69) is 20.2 Å². The molecule has 0 spiro atoms. The zero-order valence-corrected chi connectivity index (χ0v) is 10.9. The van der Waals surface area contributed by atoms with Crippen molar-refractivity contribution in [2.45, 2.75) is 20.3 Å². The van der Waals surface area contributed by atoms with Crippen LogP contribution in [0.1, 0.15) is 5.69 Å². The van der Waals surface area contributed by atoms with Gasteiger partial charge < -0.3 is 5.73 Å². The number of hydrogen-bond donors (Lipinski definition) is 1. The number of thioether (sulfide) groups is 1. The Labute approximate surface area is 105 Å². The van der Waals surface area contributed by atoms with Crippen molar-refractivity contribution in [1.82, 2.24) is 20.2 Å². The number of nitrogens with zero attached hydrogens (tertiary/aromatic N) is 4. The molecular weight excluding hydrogens is 262 g/mol. The highest BCUT2D eigenvalue weighted by atomic mass is 32.2. The Hall–Kier alpha value is -0.700. The van der Waals surface area contributed by atoms with Gasteiger partial charge in [-0.1, -0.05) is 23.1 Å². The summed E-state index contributed by atoms with van der Waals surface area (Å²) in [6, 6.07) is 0. The molecule has 5 nitrogen and oxygen atoms in total. The summed E-state index contributed by atoms with van der Waals surface area (Å²) in [4.78, 5) is 8.40. The zero-order valence-electron chi connectivity index (χ0n) is 8.45. The summed E-state index contributed by atoms with van der Waals surface area (Å²) in [6.45, 7) is 0.410. The lowest BCUT2D eigenvalue weighted by atomic mass is 10.5. The average Bonchev–Trinajstić information content (AvgIpc) is 2.78. The Bertz CT molecular complexity index is 455. The molecule has 0 aromatic carbocycles. The Morgan fingerprint density at radius 2 is 2.06 bits per heavy atom. The molecule has 0 radical (unpaired) electrons. The molecule has 0 amide bonds. The second kappa shape index (κ2) is 5.58. The number of rotatable bonds is 4. The lowest BCUT2D eigenvalue weighted by Gasteiger charge is -1.97. The van der Waals surface area contributed by atoms with Crippen molar-refractivity contribution < 1.29 is 0 Å². The highest BCUT2D eigenvalue weighted by Crippen LogP contribution is 2.31. The van der Waals surface area contributed by atoms with Crippen molar-refractivity contribution >= 4 is 34.9 Å². The van der Waals surface area contributed by atoms with E-state index in [0.717, 1.165) is 19.4 Å². The first-order valence-corrected chi connectivity index (χ1v) is 7.24. The highest BCUT2D eigenvalue weighted by Gasteiger charge is 2.06. The third-order valence-electron chi connectivity index (χ3n) is 1.65. The summed E-state index contributed by atoms with van der Waals surface area (Å²) in [5, 5.41) is 8.86. The molecule has 2 aromatic rings. The summed E-state index contributed by atoms with van der Waals surface area (Å²) < 4.78 is 1.83. The molecule has 2 heterocycles. The third-order valence-corrected chi connectivity index (χ3v) is 4.51. The Kier molecular flexibility index (Phi) is 4.10. The fourth-order valence-corrected chi connectivity index (χ4v) is 3.21. The van der Waals surface area contributed by atoms with Gasteiger partial charge in [0.1, 0.15) is 5.03 Å². The molecule has 2 N–H and O–H groups in total. The molecule has 0 fully saturated rings. The van der Waals surface area contributed by atoms with Gasteiger partial charge in [-0.25, -0.2) is 4.98 Å². The molecule has 16 heavy (non-hydrogen) atoms. The van der Waals surface area contributed by atoms with Crippen LogP contribution in [0.2, 0.25) is 0 Å². The van der Waals surface area contributed by atoms with E-state index in [0.29, 0.717) is 6.54 Å². The summed E-state index contributed by atoms with van der Waals surface area (Å²) >= 11 is 4.59. The Morgan fingerprint density at radius 1 is 1.25 bits per heavy atom. The van der Waals surface area contributed by atoms with Crippen LogP contribution in [0.15, 0.2) is 26.1 Å². The maximum atomic E-state index is 5.44. The Morgan fingerprint density at radius 3 is 2.62 bits per heavy atom. The summed E-state index contributed by atoms with van der Waals surface area (Å²) in [7, 11) is 0. The third kappa shape index (κ3) is 2.91. The minimum Gasteiger partial charge on any atom is -0.325 e. The van der Waals surface area contributed by atoms with Gasteiger partial charge in [0.2, 0.25) is 0 Å². The van der Waals surface area contributed by atoms with Gasteiger partial charge in [0.05, 0.1) is 18.1 Å². The topological polar surface area (TPSA) is 77.6 Å². The summed E-state index contributed by atoms with van der Waals surface area (Å²) in [6.07, 6.45) is 5.36. The van der Waals surface area contributed by atoms with Crippen LogP contribution in [-0.2, 0) is 6.54 Å². The molecule has 0 unspecified atom stereocenters. The van der Waals surface area contributed by atoms with Gasteiger partial charge >= 0.3 is 0 Å². The van der Waals surface area contributed by atoms with E-state index in [9.17, 15) is 0 Å². The van der Waals surface area contributed by atoms with Gasteiger partial charge in [-0.15, -0.1) is 10.2 Å². The van der Waals surface area contributed by atoms with E-state index in [1.165, 1.54) is 11.8 Å². The van der Waals surface area contributed by atoms with Gasteiger partial charge in [-0.2, -0.15) is 0 Å². The van der Waals surface area contributed by atoms with E-state index in [1.807, 2.05) is 6.26 Å². The monoisotopic (exact) mass is 271 g/mol. The van der Waals surface area contributed by atoms with Crippen LogP contribution >= 0.6 is 34.9 Å². The predicted molar refractivity (Wildman–Crippen MR) is 65.7 cm³/mol. The normalized spacial score (nSPS) is 10.6. The standard InChI is InChI=1S/C8H9N5S3/c1-14-7-12-13-8(16-7)15-6-4-10-5(2-9)3-11-6/h3-4H,2,9H2,1H3. The first kappa shape index (κ1) is 11.8. The molecule has 0 saturated heterocycles. The predicted octanol–water partition coefficient (Wildman–Crippen LogP) is 1.66. The SMILES string of the molecule is CSc1nnc(Sc2cnc(CN)cn2)s1. The molecule has 0 aliphatic carbocycles. The van der Waals surface area contributed by atoms with Gasteiger partial charge in [-0.3, -0.25) is 4.98 Å². The first-order valence-electron chi connectivity index (χ1n) is 4.38. The molecule has 0 atom stereocenters. The molecule has 0 aliphatic heterocycles. The van der Waals surface area contributed by atoms with Crippen molar-refractivity contribution in [3.8, 4) is 0 Å². The minimum atomic E-state index is 0.410. The summed E-state index contributed by atoms with van der Waals surface area (Å²) in [5.74, 6) is 0. The van der Waals surface area contributed by atoms with Gasteiger partial charge in [0.25, 0.3) is 0 Å². The second-order valence-electron chi connectivity index (χ2n) is 2.69.